The summed E-state index contributed by atoms with van der Waals surface area (Å²) >= 11 is 5.97. The number of hydrogen-bond donors (Lipinski definition) is 1. The van der Waals surface area contributed by atoms with Crippen LogP contribution in [0.15, 0.2) is 72.8 Å². The number of nitrogens with zero attached hydrogens (tertiary/aromatic N) is 1. The van der Waals surface area contributed by atoms with Crippen molar-refractivity contribution >= 4 is 23.4 Å². The molecule has 176 valence electrons. The molecule has 0 fully saturated rings. The molecule has 0 aliphatic carbocycles. The lowest BCUT2D eigenvalue weighted by molar-refractivity contribution is -0.138. The van der Waals surface area contributed by atoms with Crippen molar-refractivity contribution in [2.75, 3.05) is 6.54 Å². The second kappa shape index (κ2) is 9.50. The van der Waals surface area contributed by atoms with Crippen molar-refractivity contribution < 1.29 is 22.8 Å². The Morgan fingerprint density at radius 3 is 2.38 bits per heavy atom. The Hall–Kier alpha value is -3.32. The number of amides is 2. The highest BCUT2D eigenvalue weighted by atomic mass is 35.5. The smallest absolute Gasteiger partial charge is 0.350 e. The van der Waals surface area contributed by atoms with Gasteiger partial charge in [-0.3, -0.25) is 9.59 Å². The van der Waals surface area contributed by atoms with E-state index in [1.165, 1.54) is 23.1 Å². The summed E-state index contributed by atoms with van der Waals surface area (Å²) in [5.41, 5.74) is 1.07. The maximum absolute atomic E-state index is 13.3. The Balaban J connectivity index is 1.58. The molecule has 2 amide bonds. The molecule has 0 aromatic heterocycles. The average Bonchev–Trinajstić information content (AvgIpc) is 3.09. The highest BCUT2D eigenvalue weighted by molar-refractivity contribution is 6.30. The molecular weight excluding hydrogens is 465 g/mol. The molecule has 4 rings (SSSR count). The molecule has 8 heteroatoms. The second-order valence-electron chi connectivity index (χ2n) is 8.27. The van der Waals surface area contributed by atoms with Gasteiger partial charge in [0.1, 0.15) is 6.04 Å². The number of halogens is 4. The van der Waals surface area contributed by atoms with E-state index in [0.29, 0.717) is 16.1 Å². The molecule has 34 heavy (non-hydrogen) atoms. The zero-order valence-electron chi connectivity index (χ0n) is 18.3. The predicted octanol–water partition coefficient (Wildman–Crippen LogP) is 5.98. The SMILES string of the molecule is CC(CN1C(=O)c2ccccc2C1C(=O)NCc1ccccc1C(F)(F)F)c1ccc(Cl)cc1. The fourth-order valence-corrected chi connectivity index (χ4v) is 4.39. The van der Waals surface area contributed by atoms with E-state index in [2.05, 4.69) is 5.32 Å². The standard InChI is InChI=1S/C26H22ClF3N2O2/c1-16(17-10-12-19(27)13-11-17)15-32-23(20-7-3-4-8-21(20)25(32)34)24(33)31-14-18-6-2-5-9-22(18)26(28,29)30/h2-13,16,23H,14-15H2,1H3,(H,31,33). The highest BCUT2D eigenvalue weighted by Crippen LogP contribution is 2.36. The Morgan fingerprint density at radius 1 is 1.03 bits per heavy atom. The Kier molecular flexibility index (Phi) is 6.66. The molecule has 0 saturated heterocycles. The average molecular weight is 487 g/mol. The Labute approximate surface area is 200 Å². The lowest BCUT2D eigenvalue weighted by Gasteiger charge is -2.28. The van der Waals surface area contributed by atoms with Crippen molar-refractivity contribution in [3.05, 3.63) is 106 Å². The largest absolute Gasteiger partial charge is 0.416 e. The van der Waals surface area contributed by atoms with Gasteiger partial charge in [0, 0.05) is 23.7 Å². The van der Waals surface area contributed by atoms with Crippen LogP contribution in [0.5, 0.6) is 0 Å². The van der Waals surface area contributed by atoms with Crippen LogP contribution in [-0.2, 0) is 17.5 Å². The van der Waals surface area contributed by atoms with Crippen LogP contribution in [-0.4, -0.2) is 23.3 Å². The van der Waals surface area contributed by atoms with Crippen LogP contribution in [0.3, 0.4) is 0 Å². The molecule has 1 aliphatic rings. The minimum absolute atomic E-state index is 0.0398. The topological polar surface area (TPSA) is 49.4 Å². The zero-order chi connectivity index (χ0) is 24.5. The van der Waals surface area contributed by atoms with Gasteiger partial charge in [-0.1, -0.05) is 67.1 Å². The third-order valence-corrected chi connectivity index (χ3v) is 6.24. The third-order valence-electron chi connectivity index (χ3n) is 5.99. The number of nitrogens with one attached hydrogen (secondary N) is 1. The first-order valence-electron chi connectivity index (χ1n) is 10.7. The van der Waals surface area contributed by atoms with Crippen LogP contribution in [0.1, 0.15) is 51.5 Å². The van der Waals surface area contributed by atoms with Gasteiger partial charge in [0.25, 0.3) is 5.91 Å². The van der Waals surface area contributed by atoms with Gasteiger partial charge in [-0.05, 0) is 46.9 Å². The maximum Gasteiger partial charge on any atom is 0.416 e. The third kappa shape index (κ3) is 4.80. The molecule has 4 nitrogen and oxygen atoms in total. The van der Waals surface area contributed by atoms with Crippen molar-refractivity contribution in [3.8, 4) is 0 Å². The molecule has 0 radical (unpaired) electrons. The van der Waals surface area contributed by atoms with Crippen LogP contribution in [0.4, 0.5) is 13.2 Å². The zero-order valence-corrected chi connectivity index (χ0v) is 19.0. The molecule has 1 aliphatic heterocycles. The lowest BCUT2D eigenvalue weighted by atomic mass is 9.99. The summed E-state index contributed by atoms with van der Waals surface area (Å²) in [5.74, 6) is -0.914. The first-order valence-corrected chi connectivity index (χ1v) is 11.1. The number of carbonyl (C=O) groups excluding carboxylic acids is 2. The molecule has 2 atom stereocenters. The van der Waals surface area contributed by atoms with E-state index in [9.17, 15) is 22.8 Å². The van der Waals surface area contributed by atoms with Gasteiger partial charge in [0.05, 0.1) is 5.56 Å². The van der Waals surface area contributed by atoms with Crippen LogP contribution in [0.25, 0.3) is 0 Å². The Morgan fingerprint density at radius 2 is 1.68 bits per heavy atom. The molecule has 3 aromatic carbocycles. The van der Waals surface area contributed by atoms with Crippen molar-refractivity contribution in [1.82, 2.24) is 10.2 Å². The number of hydrogen-bond acceptors (Lipinski definition) is 2. The quantitative estimate of drug-likeness (QED) is 0.466. The fraction of sp³-hybridized carbons (Fsp3) is 0.231. The van der Waals surface area contributed by atoms with Crippen molar-refractivity contribution in [2.45, 2.75) is 31.6 Å². The minimum Gasteiger partial charge on any atom is -0.350 e. The summed E-state index contributed by atoms with van der Waals surface area (Å²) in [6, 6.07) is 18.2. The predicted molar refractivity (Wildman–Crippen MR) is 123 cm³/mol. The van der Waals surface area contributed by atoms with Gasteiger partial charge in [-0.2, -0.15) is 13.2 Å². The maximum atomic E-state index is 13.3. The van der Waals surface area contributed by atoms with E-state index in [4.69, 9.17) is 11.6 Å². The highest BCUT2D eigenvalue weighted by Gasteiger charge is 2.41. The summed E-state index contributed by atoms with van der Waals surface area (Å²) < 4.78 is 40.0. The summed E-state index contributed by atoms with van der Waals surface area (Å²) in [7, 11) is 0. The van der Waals surface area contributed by atoms with Gasteiger partial charge < -0.3 is 10.2 Å². The van der Waals surface area contributed by atoms with E-state index >= 15 is 0 Å². The molecule has 2 unspecified atom stereocenters. The van der Waals surface area contributed by atoms with Crippen LogP contribution in [0, 0.1) is 0 Å². The Bertz CT molecular complexity index is 1210. The van der Waals surface area contributed by atoms with E-state index in [0.717, 1.165) is 11.6 Å². The molecule has 3 aromatic rings. The van der Waals surface area contributed by atoms with Crippen LogP contribution in [0.2, 0.25) is 5.02 Å². The van der Waals surface area contributed by atoms with E-state index < -0.39 is 23.7 Å². The van der Waals surface area contributed by atoms with Crippen LogP contribution < -0.4 is 5.32 Å². The number of benzene rings is 3. The van der Waals surface area contributed by atoms with Gasteiger partial charge >= 0.3 is 6.18 Å². The molecule has 1 heterocycles. The summed E-state index contributed by atoms with van der Waals surface area (Å²) in [5, 5.41) is 3.21. The van der Waals surface area contributed by atoms with E-state index in [1.807, 2.05) is 19.1 Å². The minimum atomic E-state index is -4.53. The normalized spacial score (nSPS) is 16.3. The molecule has 1 N–H and O–H groups in total. The fourth-order valence-electron chi connectivity index (χ4n) is 4.26. The van der Waals surface area contributed by atoms with Gasteiger partial charge in [-0.25, -0.2) is 0 Å². The second-order valence-corrected chi connectivity index (χ2v) is 8.71. The first kappa shape index (κ1) is 23.8. The van der Waals surface area contributed by atoms with Crippen LogP contribution >= 0.6 is 11.6 Å². The summed E-state index contributed by atoms with van der Waals surface area (Å²) in [6.45, 7) is 1.89. The van der Waals surface area contributed by atoms with E-state index in [1.54, 1.807) is 36.4 Å². The number of alkyl halides is 3. The molecule has 0 saturated carbocycles. The van der Waals surface area contributed by atoms with Gasteiger partial charge in [-0.15, -0.1) is 0 Å². The summed E-state index contributed by atoms with van der Waals surface area (Å²) in [4.78, 5) is 27.9. The van der Waals surface area contributed by atoms with Gasteiger partial charge in [0.2, 0.25) is 5.91 Å². The molecular formula is C26H22ClF3N2O2. The summed E-state index contributed by atoms with van der Waals surface area (Å²) in [6.07, 6.45) is -4.53. The molecule has 0 bridgehead atoms. The van der Waals surface area contributed by atoms with Crippen molar-refractivity contribution in [1.29, 1.82) is 0 Å². The number of fused-ring (bicyclic) bond motifs is 1. The van der Waals surface area contributed by atoms with Gasteiger partial charge in [0.15, 0.2) is 0 Å². The number of rotatable bonds is 6. The lowest BCUT2D eigenvalue weighted by Crippen LogP contribution is -2.40. The monoisotopic (exact) mass is 486 g/mol. The van der Waals surface area contributed by atoms with Crippen molar-refractivity contribution in [2.24, 2.45) is 0 Å². The van der Waals surface area contributed by atoms with E-state index in [-0.39, 0.29) is 30.5 Å². The number of carbonyl (C=O) groups is 2. The first-order chi connectivity index (χ1) is 16.2. The van der Waals surface area contributed by atoms with Crippen molar-refractivity contribution in [3.63, 3.8) is 0 Å². The molecule has 0 spiro atoms.